The van der Waals surface area contributed by atoms with Crippen LogP contribution in [-0.4, -0.2) is 45.9 Å². The molecule has 0 spiro atoms. The fourth-order valence-corrected chi connectivity index (χ4v) is 3.11. The zero-order valence-corrected chi connectivity index (χ0v) is 17.1. The number of aromatic nitrogens is 3. The van der Waals surface area contributed by atoms with E-state index in [0.29, 0.717) is 34.1 Å². The minimum atomic E-state index is -4.78. The second-order valence-corrected chi connectivity index (χ2v) is 7.09. The molecule has 164 valence electrons. The Labute approximate surface area is 181 Å². The predicted octanol–water partition coefficient (Wildman–Crippen LogP) is 4.74. The first kappa shape index (κ1) is 21.2. The Kier molecular flexibility index (Phi) is 5.43. The van der Waals surface area contributed by atoms with Crippen LogP contribution >= 0.6 is 0 Å². The molecular weight excluding hydrogens is 423 g/mol. The molecule has 1 N–H and O–H groups in total. The lowest BCUT2D eigenvalue weighted by Gasteiger charge is -2.10. The number of ether oxygens (including phenoxy) is 1. The number of carbonyl (C=O) groups is 1. The summed E-state index contributed by atoms with van der Waals surface area (Å²) in [7, 11) is 3.36. The number of nitrogens with one attached hydrogen (secondary N) is 1. The van der Waals surface area contributed by atoms with Gasteiger partial charge in [0.1, 0.15) is 5.75 Å². The summed E-state index contributed by atoms with van der Waals surface area (Å²) in [5.41, 5.74) is 2.76. The number of alkyl halides is 3. The molecule has 1 amide bonds. The first-order valence-corrected chi connectivity index (χ1v) is 9.50. The van der Waals surface area contributed by atoms with E-state index in [0.717, 1.165) is 0 Å². The third-order valence-corrected chi connectivity index (χ3v) is 4.52. The molecule has 2 aromatic carbocycles. The number of carbonyl (C=O) groups excluding carboxylic acids is 1. The van der Waals surface area contributed by atoms with E-state index in [1.165, 1.54) is 27.6 Å². The number of anilines is 2. The number of pyridine rings is 1. The number of rotatable bonds is 5. The molecule has 0 aliphatic heterocycles. The van der Waals surface area contributed by atoms with E-state index < -0.39 is 6.36 Å². The monoisotopic (exact) mass is 441 g/mol. The van der Waals surface area contributed by atoms with Crippen LogP contribution in [0.1, 0.15) is 10.4 Å². The molecule has 0 saturated carbocycles. The van der Waals surface area contributed by atoms with Crippen LogP contribution in [0.25, 0.3) is 16.9 Å². The highest BCUT2D eigenvalue weighted by Crippen LogP contribution is 2.28. The van der Waals surface area contributed by atoms with Crippen molar-refractivity contribution in [1.82, 2.24) is 19.5 Å². The number of fused-ring (bicyclic) bond motifs is 1. The lowest BCUT2D eigenvalue weighted by molar-refractivity contribution is -0.274. The van der Waals surface area contributed by atoms with Gasteiger partial charge in [0.2, 0.25) is 5.95 Å². The molecule has 0 bridgehead atoms. The maximum absolute atomic E-state index is 12.6. The van der Waals surface area contributed by atoms with Gasteiger partial charge in [0.05, 0.1) is 5.69 Å². The van der Waals surface area contributed by atoms with Crippen molar-refractivity contribution in [3.05, 3.63) is 72.3 Å². The van der Waals surface area contributed by atoms with Crippen LogP contribution in [0.4, 0.5) is 24.8 Å². The summed E-state index contributed by atoms with van der Waals surface area (Å²) in [6, 6.07) is 17.7. The number of hydrogen-bond acceptors (Lipinski definition) is 5. The predicted molar refractivity (Wildman–Crippen MR) is 113 cm³/mol. The van der Waals surface area contributed by atoms with Crippen molar-refractivity contribution >= 4 is 23.2 Å². The van der Waals surface area contributed by atoms with E-state index in [1.807, 2.05) is 0 Å². The van der Waals surface area contributed by atoms with Crippen LogP contribution in [-0.2, 0) is 0 Å². The normalized spacial score (nSPS) is 11.4. The van der Waals surface area contributed by atoms with Gasteiger partial charge in [0, 0.05) is 30.9 Å². The quantitative estimate of drug-likeness (QED) is 0.484. The molecule has 0 saturated heterocycles. The molecular formula is C22H18F3N5O2. The van der Waals surface area contributed by atoms with E-state index in [4.69, 9.17) is 0 Å². The molecule has 0 atom stereocenters. The van der Waals surface area contributed by atoms with Crippen LogP contribution in [0.15, 0.2) is 66.7 Å². The largest absolute Gasteiger partial charge is 0.573 e. The second-order valence-electron chi connectivity index (χ2n) is 7.09. The summed E-state index contributed by atoms with van der Waals surface area (Å²) < 4.78 is 43.2. The summed E-state index contributed by atoms with van der Waals surface area (Å²) in [4.78, 5) is 17.9. The molecule has 0 fully saturated rings. The van der Waals surface area contributed by atoms with E-state index in [2.05, 4.69) is 20.1 Å². The minimum Gasteiger partial charge on any atom is -0.406 e. The number of hydrogen-bond donors (Lipinski definition) is 1. The van der Waals surface area contributed by atoms with E-state index in [-0.39, 0.29) is 11.7 Å². The van der Waals surface area contributed by atoms with Gasteiger partial charge in [-0.1, -0.05) is 18.2 Å². The minimum absolute atomic E-state index is 0.108. The topological polar surface area (TPSA) is 71.8 Å². The molecule has 0 aliphatic rings. The highest BCUT2D eigenvalue weighted by Gasteiger charge is 2.31. The zero-order chi connectivity index (χ0) is 22.9. The van der Waals surface area contributed by atoms with Crippen molar-refractivity contribution in [3.8, 4) is 17.0 Å². The van der Waals surface area contributed by atoms with Crippen molar-refractivity contribution in [3.63, 3.8) is 0 Å². The Bertz CT molecular complexity index is 1270. The number of nitrogens with zero attached hydrogens (tertiary/aromatic N) is 4. The molecule has 0 aliphatic carbocycles. The standard InChI is InChI=1S/C22H18F3N5O2/c1-29(2)20(31)14-9-11-16(12-10-14)26-21-27-19-8-4-7-18(30(19)28-21)15-5-3-6-17(13-15)32-22(23,24)25/h3-13H,1-2H3,(H,26,28). The van der Waals surface area contributed by atoms with E-state index in [9.17, 15) is 18.0 Å². The van der Waals surface area contributed by atoms with Gasteiger partial charge in [-0.2, -0.15) is 4.98 Å². The van der Waals surface area contributed by atoms with E-state index >= 15 is 0 Å². The average Bonchev–Trinajstić information content (AvgIpc) is 3.15. The summed E-state index contributed by atoms with van der Waals surface area (Å²) in [5, 5.41) is 7.50. The summed E-state index contributed by atoms with van der Waals surface area (Å²) in [6.45, 7) is 0. The maximum atomic E-state index is 12.6. The highest BCUT2D eigenvalue weighted by atomic mass is 19.4. The maximum Gasteiger partial charge on any atom is 0.573 e. The molecule has 10 heteroatoms. The smallest absolute Gasteiger partial charge is 0.406 e. The van der Waals surface area contributed by atoms with Gasteiger partial charge in [0.25, 0.3) is 5.91 Å². The van der Waals surface area contributed by atoms with Crippen LogP contribution in [0, 0.1) is 0 Å². The molecule has 32 heavy (non-hydrogen) atoms. The second kappa shape index (κ2) is 8.22. The molecule has 4 rings (SSSR count). The van der Waals surface area contributed by atoms with Gasteiger partial charge in [0.15, 0.2) is 5.65 Å². The molecule has 0 radical (unpaired) electrons. The van der Waals surface area contributed by atoms with Gasteiger partial charge in [-0.3, -0.25) is 4.79 Å². The Hall–Kier alpha value is -4.08. The zero-order valence-electron chi connectivity index (χ0n) is 17.1. The molecule has 2 aromatic heterocycles. The summed E-state index contributed by atoms with van der Waals surface area (Å²) >= 11 is 0. The fourth-order valence-electron chi connectivity index (χ4n) is 3.11. The van der Waals surface area contributed by atoms with Crippen molar-refractivity contribution in [2.75, 3.05) is 19.4 Å². The molecule has 4 aromatic rings. The van der Waals surface area contributed by atoms with Gasteiger partial charge in [-0.25, -0.2) is 4.52 Å². The third kappa shape index (κ3) is 4.64. The van der Waals surface area contributed by atoms with Crippen molar-refractivity contribution in [2.45, 2.75) is 6.36 Å². The van der Waals surface area contributed by atoms with Gasteiger partial charge in [-0.05, 0) is 48.5 Å². The first-order chi connectivity index (χ1) is 15.2. The summed E-state index contributed by atoms with van der Waals surface area (Å²) in [5.74, 6) is -0.131. The van der Waals surface area contributed by atoms with Crippen molar-refractivity contribution in [1.29, 1.82) is 0 Å². The highest BCUT2D eigenvalue weighted by molar-refractivity contribution is 5.94. The van der Waals surface area contributed by atoms with Crippen LogP contribution in [0.2, 0.25) is 0 Å². The number of benzene rings is 2. The Morgan fingerprint density at radius 3 is 2.44 bits per heavy atom. The van der Waals surface area contributed by atoms with E-state index in [1.54, 1.807) is 62.6 Å². The van der Waals surface area contributed by atoms with Crippen LogP contribution < -0.4 is 10.1 Å². The van der Waals surface area contributed by atoms with Gasteiger partial charge in [-0.15, -0.1) is 18.3 Å². The molecule has 7 nitrogen and oxygen atoms in total. The lowest BCUT2D eigenvalue weighted by atomic mass is 10.1. The number of halogens is 3. The fraction of sp³-hybridized carbons (Fsp3) is 0.136. The molecule has 2 heterocycles. The average molecular weight is 441 g/mol. The third-order valence-electron chi connectivity index (χ3n) is 4.52. The Morgan fingerprint density at radius 2 is 1.75 bits per heavy atom. The Morgan fingerprint density at radius 1 is 1.03 bits per heavy atom. The lowest BCUT2D eigenvalue weighted by Crippen LogP contribution is -2.21. The SMILES string of the molecule is CN(C)C(=O)c1ccc(Nc2nc3cccc(-c4cccc(OC(F)(F)F)c4)n3n2)cc1. The van der Waals surface area contributed by atoms with Gasteiger partial charge >= 0.3 is 6.36 Å². The van der Waals surface area contributed by atoms with Crippen molar-refractivity contribution in [2.24, 2.45) is 0 Å². The van der Waals surface area contributed by atoms with Crippen molar-refractivity contribution < 1.29 is 22.7 Å². The first-order valence-electron chi connectivity index (χ1n) is 9.50. The Balaban J connectivity index is 1.62. The molecule has 0 unspecified atom stereocenters. The van der Waals surface area contributed by atoms with Crippen LogP contribution in [0.3, 0.4) is 0 Å². The van der Waals surface area contributed by atoms with Gasteiger partial charge < -0.3 is 15.0 Å². The number of amides is 1. The summed E-state index contributed by atoms with van der Waals surface area (Å²) in [6.07, 6.45) is -4.78. The van der Waals surface area contributed by atoms with Crippen LogP contribution in [0.5, 0.6) is 5.75 Å².